The third-order valence-electron chi connectivity index (χ3n) is 1.84. The first-order chi connectivity index (χ1) is 7.25. The highest BCUT2D eigenvalue weighted by Crippen LogP contribution is 2.24. The van der Waals surface area contributed by atoms with Crippen molar-refractivity contribution in [2.45, 2.75) is 11.0 Å². The maximum Gasteiger partial charge on any atom is 0.270 e. The number of rotatable bonds is 5. The number of hydrogen-bond acceptors (Lipinski definition) is 5. The number of nitro benzene ring substituents is 1. The summed E-state index contributed by atoms with van der Waals surface area (Å²) in [5.74, 6) is 0. The Balaban J connectivity index is 1.88. The Morgan fingerprint density at radius 2 is 2.47 bits per heavy atom. The third-order valence-corrected chi connectivity index (χ3v) is 2.54. The van der Waals surface area contributed by atoms with Gasteiger partial charge in [0.15, 0.2) is 0 Å². The molecule has 1 fully saturated rings. The minimum Gasteiger partial charge on any atom is -0.371 e. The van der Waals surface area contributed by atoms with Gasteiger partial charge < -0.3 is 8.92 Å². The number of ether oxygens (including phenoxy) is 1. The molecule has 1 aliphatic heterocycles. The van der Waals surface area contributed by atoms with Crippen LogP contribution in [-0.2, 0) is 8.92 Å². The highest BCUT2D eigenvalue weighted by atomic mass is 32.2. The van der Waals surface area contributed by atoms with Crippen LogP contribution in [0, 0.1) is 10.1 Å². The molecule has 1 aromatic rings. The van der Waals surface area contributed by atoms with Gasteiger partial charge >= 0.3 is 0 Å². The van der Waals surface area contributed by atoms with Crippen LogP contribution in [-0.4, -0.2) is 24.2 Å². The Morgan fingerprint density at radius 1 is 1.67 bits per heavy atom. The van der Waals surface area contributed by atoms with Crippen LogP contribution in [0.4, 0.5) is 5.69 Å². The van der Waals surface area contributed by atoms with Gasteiger partial charge in [0.1, 0.15) is 6.10 Å². The van der Waals surface area contributed by atoms with E-state index in [0.29, 0.717) is 6.61 Å². The summed E-state index contributed by atoms with van der Waals surface area (Å²) in [6.07, 6.45) is 0.205. The molecule has 0 aromatic heterocycles. The van der Waals surface area contributed by atoms with E-state index in [4.69, 9.17) is 8.92 Å². The monoisotopic (exact) mass is 227 g/mol. The second-order valence-corrected chi connectivity index (χ2v) is 3.95. The largest absolute Gasteiger partial charge is 0.371 e. The average molecular weight is 227 g/mol. The molecule has 2 rings (SSSR count). The van der Waals surface area contributed by atoms with Gasteiger partial charge in [0.05, 0.1) is 18.1 Å². The first-order valence-corrected chi connectivity index (χ1v) is 5.15. The summed E-state index contributed by atoms with van der Waals surface area (Å²) in [6.45, 7) is 1.27. The summed E-state index contributed by atoms with van der Waals surface area (Å²) in [6, 6.07) is 6.34. The van der Waals surface area contributed by atoms with E-state index in [1.165, 1.54) is 12.1 Å². The van der Waals surface area contributed by atoms with Crippen LogP contribution >= 0.6 is 12.0 Å². The Hall–Kier alpha value is -1.11. The molecule has 0 spiro atoms. The maximum absolute atomic E-state index is 10.5. The molecule has 0 saturated carbocycles. The summed E-state index contributed by atoms with van der Waals surface area (Å²) >= 11 is 1.14. The van der Waals surface area contributed by atoms with Crippen LogP contribution in [0.1, 0.15) is 0 Å². The van der Waals surface area contributed by atoms with E-state index in [0.717, 1.165) is 23.5 Å². The van der Waals surface area contributed by atoms with Crippen LogP contribution in [0.25, 0.3) is 0 Å². The molecule has 1 atom stereocenters. The van der Waals surface area contributed by atoms with Crippen LogP contribution < -0.4 is 0 Å². The number of non-ortho nitro benzene ring substituents is 1. The standard InChI is InChI=1S/C9H9NO4S/c11-10(12)7-2-1-3-9(4-7)15-14-6-8-5-13-8/h1-4,8H,5-6H2/t8-/m1/s1. The minimum absolute atomic E-state index is 0.0753. The van der Waals surface area contributed by atoms with Crippen LogP contribution in [0.15, 0.2) is 29.2 Å². The predicted molar refractivity (Wildman–Crippen MR) is 54.6 cm³/mol. The van der Waals surface area contributed by atoms with Gasteiger partial charge in [-0.05, 0) is 6.07 Å². The molecule has 0 aliphatic carbocycles. The molecule has 80 valence electrons. The molecule has 1 saturated heterocycles. The second kappa shape index (κ2) is 4.61. The lowest BCUT2D eigenvalue weighted by Gasteiger charge is -2.00. The molecular weight excluding hydrogens is 218 g/mol. The van der Waals surface area contributed by atoms with Crippen LogP contribution in [0.2, 0.25) is 0 Å². The molecule has 0 bridgehead atoms. The van der Waals surface area contributed by atoms with Crippen molar-refractivity contribution < 1.29 is 13.8 Å². The van der Waals surface area contributed by atoms with E-state index in [1.807, 2.05) is 0 Å². The molecule has 0 amide bonds. The predicted octanol–water partition coefficient (Wildman–Crippen LogP) is 2.02. The van der Waals surface area contributed by atoms with Gasteiger partial charge in [0.2, 0.25) is 0 Å². The van der Waals surface area contributed by atoms with Crippen molar-refractivity contribution in [3.63, 3.8) is 0 Å². The number of hydrogen-bond donors (Lipinski definition) is 0. The summed E-state index contributed by atoms with van der Waals surface area (Å²) in [5, 5.41) is 10.5. The van der Waals surface area contributed by atoms with Gasteiger partial charge in [-0.2, -0.15) is 0 Å². The second-order valence-electron chi connectivity index (χ2n) is 3.08. The summed E-state index contributed by atoms with van der Waals surface area (Å²) in [7, 11) is 0. The molecule has 0 radical (unpaired) electrons. The first-order valence-electron chi connectivity index (χ1n) is 4.41. The smallest absolute Gasteiger partial charge is 0.270 e. The quantitative estimate of drug-likeness (QED) is 0.333. The van der Waals surface area contributed by atoms with Crippen molar-refractivity contribution in [1.29, 1.82) is 0 Å². The number of benzene rings is 1. The Morgan fingerprint density at radius 3 is 3.13 bits per heavy atom. The SMILES string of the molecule is O=[N+]([O-])c1cccc(SOC[C@H]2CO2)c1. The molecule has 0 unspecified atom stereocenters. The lowest BCUT2D eigenvalue weighted by Crippen LogP contribution is -1.95. The Kier molecular flexibility index (Phi) is 3.20. The zero-order valence-electron chi connectivity index (χ0n) is 7.79. The van der Waals surface area contributed by atoms with Gasteiger partial charge in [-0.15, -0.1) is 0 Å². The maximum atomic E-state index is 10.5. The number of epoxide rings is 1. The molecule has 5 nitrogen and oxygen atoms in total. The highest BCUT2D eigenvalue weighted by molar-refractivity contribution is 7.94. The normalized spacial score (nSPS) is 18.8. The van der Waals surface area contributed by atoms with Crippen molar-refractivity contribution in [2.24, 2.45) is 0 Å². The van der Waals surface area contributed by atoms with E-state index < -0.39 is 4.92 Å². The van der Waals surface area contributed by atoms with Crippen LogP contribution in [0.5, 0.6) is 0 Å². The van der Waals surface area contributed by atoms with Crippen LogP contribution in [0.3, 0.4) is 0 Å². The first kappa shape index (κ1) is 10.4. The van der Waals surface area contributed by atoms with Gasteiger partial charge in [-0.1, -0.05) is 6.07 Å². The number of nitrogens with zero attached hydrogens (tertiary/aromatic N) is 1. The molecule has 15 heavy (non-hydrogen) atoms. The summed E-state index contributed by atoms with van der Waals surface area (Å²) < 4.78 is 10.2. The van der Waals surface area contributed by atoms with E-state index >= 15 is 0 Å². The molecule has 1 aliphatic rings. The Bertz CT molecular complexity index is 367. The fourth-order valence-corrected chi connectivity index (χ4v) is 1.65. The molecule has 1 heterocycles. The molecule has 1 aromatic carbocycles. The number of nitro groups is 1. The van der Waals surface area contributed by atoms with Crippen molar-refractivity contribution in [3.8, 4) is 0 Å². The van der Waals surface area contributed by atoms with Gasteiger partial charge in [-0.3, -0.25) is 10.1 Å². The third kappa shape index (κ3) is 3.19. The molecule has 6 heteroatoms. The fraction of sp³-hybridized carbons (Fsp3) is 0.333. The lowest BCUT2D eigenvalue weighted by molar-refractivity contribution is -0.385. The average Bonchev–Trinajstić information content (AvgIpc) is 3.02. The molecular formula is C9H9NO4S. The van der Waals surface area contributed by atoms with Crippen molar-refractivity contribution >= 4 is 17.7 Å². The van der Waals surface area contributed by atoms with Crippen molar-refractivity contribution in [1.82, 2.24) is 0 Å². The fourth-order valence-electron chi connectivity index (χ4n) is 0.991. The molecule has 0 N–H and O–H groups in total. The van der Waals surface area contributed by atoms with Crippen molar-refractivity contribution in [3.05, 3.63) is 34.4 Å². The summed E-state index contributed by atoms with van der Waals surface area (Å²) in [4.78, 5) is 10.8. The van der Waals surface area contributed by atoms with E-state index in [9.17, 15) is 10.1 Å². The van der Waals surface area contributed by atoms with E-state index in [-0.39, 0.29) is 11.8 Å². The lowest BCUT2D eigenvalue weighted by atomic mass is 10.3. The van der Waals surface area contributed by atoms with Gasteiger partial charge in [0.25, 0.3) is 5.69 Å². The minimum atomic E-state index is -0.423. The van der Waals surface area contributed by atoms with Gasteiger partial charge in [0, 0.05) is 29.1 Å². The topological polar surface area (TPSA) is 64.9 Å². The van der Waals surface area contributed by atoms with Crippen molar-refractivity contribution in [2.75, 3.05) is 13.2 Å². The zero-order chi connectivity index (χ0) is 10.7. The summed E-state index contributed by atoms with van der Waals surface area (Å²) in [5.41, 5.74) is 0.0753. The van der Waals surface area contributed by atoms with Gasteiger partial charge in [-0.25, -0.2) is 0 Å². The van der Waals surface area contributed by atoms with E-state index in [1.54, 1.807) is 12.1 Å². The zero-order valence-corrected chi connectivity index (χ0v) is 8.61. The van der Waals surface area contributed by atoms with E-state index in [2.05, 4.69) is 0 Å². The Labute approximate surface area is 90.7 Å². The highest BCUT2D eigenvalue weighted by Gasteiger charge is 2.22.